The first-order valence-corrected chi connectivity index (χ1v) is 13.9. The van der Waals surface area contributed by atoms with Crippen molar-refractivity contribution in [3.05, 3.63) is 0 Å². The van der Waals surface area contributed by atoms with Gasteiger partial charge in [0.15, 0.2) is 0 Å². The Morgan fingerprint density at radius 3 is 1.34 bits per heavy atom. The molecule has 41 heavy (non-hydrogen) atoms. The Hall–Kier alpha value is 1.06. The average Bonchev–Trinajstić information content (AvgIpc) is 2.82. The third kappa shape index (κ3) is 21.4. The number of hydrogen-bond acceptors (Lipinski definition) is 10. The molecule has 0 bridgehead atoms. The van der Waals surface area contributed by atoms with E-state index < -0.39 is 48.2 Å². The van der Waals surface area contributed by atoms with Crippen LogP contribution < -0.4 is 94.4 Å². The zero-order valence-electron chi connectivity index (χ0n) is 30.5. The number of halogens is 1. The molecule has 0 rings (SSSR count). The van der Waals surface area contributed by atoms with Gasteiger partial charge in [-0.1, -0.05) is 58.3 Å². The molecular weight excluding hydrogens is 587 g/mol. The Morgan fingerprint density at radius 2 is 0.976 bits per heavy atom. The number of carbonyl (C=O) groups excluding carboxylic acids is 3. The maximum Gasteiger partial charge on any atom is 1.00 e. The van der Waals surface area contributed by atoms with Crippen LogP contribution in [0.5, 0.6) is 0 Å². The second kappa shape index (κ2) is 31.1. The summed E-state index contributed by atoms with van der Waals surface area (Å²) < 4.78 is 31.4. The molecule has 0 aromatic rings. The van der Waals surface area contributed by atoms with Crippen LogP contribution in [0.3, 0.4) is 0 Å². The monoisotopic (exact) mass is 641 g/mol. The van der Waals surface area contributed by atoms with E-state index in [1.807, 2.05) is 0 Å². The molecular formula is C27H55ClNNa3O9. The number of ether oxygens (including phenoxy) is 6. The van der Waals surface area contributed by atoms with E-state index in [4.69, 9.17) is 34.2 Å². The predicted molar refractivity (Wildman–Crippen MR) is 151 cm³/mol. The molecule has 14 heteroatoms. The van der Waals surface area contributed by atoms with Crippen LogP contribution in [0.15, 0.2) is 0 Å². The number of unbranched alkanes of at least 4 members (excludes halogenated alkanes) is 7. The van der Waals surface area contributed by atoms with Gasteiger partial charge in [-0.25, -0.2) is 14.4 Å². The Morgan fingerprint density at radius 1 is 0.634 bits per heavy atom. The van der Waals surface area contributed by atoms with Crippen LogP contribution in [0.1, 0.15) is 111 Å². The van der Waals surface area contributed by atoms with Gasteiger partial charge in [-0.3, -0.25) is 0 Å². The molecule has 0 amide bonds. The van der Waals surface area contributed by atoms with Gasteiger partial charge >= 0.3 is 107 Å². The number of hydrogen-bond donors (Lipinski definition) is 1. The Kier molecular flexibility index (Phi) is 39.1. The van der Waals surface area contributed by atoms with Crippen molar-refractivity contribution in [1.29, 1.82) is 0 Å². The SMILES string of the molecule is CCCCCCCCCCC(C(C)OC(=O)OCC)C(N)(C(C)OC(=O)OCC)C(C)OC(=O)OCC.Cl.[H-].[H-].[H-].[Na+].[Na+].[Na+]. The molecule has 0 aromatic carbocycles. The van der Waals surface area contributed by atoms with Gasteiger partial charge in [0.25, 0.3) is 0 Å². The van der Waals surface area contributed by atoms with E-state index >= 15 is 0 Å². The second-order valence-electron chi connectivity index (χ2n) is 9.26. The number of rotatable bonds is 19. The predicted octanol–water partition coefficient (Wildman–Crippen LogP) is -1.71. The van der Waals surface area contributed by atoms with E-state index in [1.165, 1.54) is 25.7 Å². The van der Waals surface area contributed by atoms with Crippen LogP contribution in [0.2, 0.25) is 0 Å². The summed E-state index contributed by atoms with van der Waals surface area (Å²) in [5.41, 5.74) is 5.53. The maximum atomic E-state index is 12.2. The fourth-order valence-electron chi connectivity index (χ4n) is 4.51. The van der Waals surface area contributed by atoms with Crippen LogP contribution in [0, 0.1) is 5.92 Å². The summed E-state index contributed by atoms with van der Waals surface area (Å²) in [5, 5.41) is 0. The van der Waals surface area contributed by atoms with E-state index in [1.54, 1.807) is 41.5 Å². The van der Waals surface area contributed by atoms with Gasteiger partial charge in [0, 0.05) is 5.92 Å². The van der Waals surface area contributed by atoms with E-state index in [9.17, 15) is 14.4 Å². The number of carbonyl (C=O) groups is 3. The normalized spacial score (nSPS) is 14.3. The molecule has 0 aliphatic carbocycles. The van der Waals surface area contributed by atoms with Crippen molar-refractivity contribution >= 4 is 30.9 Å². The Balaban J connectivity index is -0.000000309. The van der Waals surface area contributed by atoms with Crippen molar-refractivity contribution in [2.75, 3.05) is 19.8 Å². The quantitative estimate of drug-likeness (QED) is 0.0752. The molecule has 0 aliphatic rings. The van der Waals surface area contributed by atoms with Crippen LogP contribution in [-0.2, 0) is 28.4 Å². The van der Waals surface area contributed by atoms with Crippen molar-refractivity contribution < 1.29 is 136 Å². The summed E-state index contributed by atoms with van der Waals surface area (Å²) in [6.45, 7) is 12.5. The summed E-state index contributed by atoms with van der Waals surface area (Å²) in [6.07, 6.45) is 4.18. The molecule has 2 N–H and O–H groups in total. The fraction of sp³-hybridized carbons (Fsp3) is 0.889. The largest absolute Gasteiger partial charge is 1.00 e. The van der Waals surface area contributed by atoms with Gasteiger partial charge in [-0.2, -0.15) is 0 Å². The minimum Gasteiger partial charge on any atom is -1.00 e. The van der Waals surface area contributed by atoms with Crippen molar-refractivity contribution in [2.24, 2.45) is 11.7 Å². The van der Waals surface area contributed by atoms with E-state index in [0.29, 0.717) is 6.42 Å². The molecule has 0 radical (unpaired) electrons. The van der Waals surface area contributed by atoms with Gasteiger partial charge in [-0.05, 0) is 48.0 Å². The third-order valence-corrected chi connectivity index (χ3v) is 6.60. The van der Waals surface area contributed by atoms with Crippen LogP contribution in [-0.4, -0.2) is 62.1 Å². The van der Waals surface area contributed by atoms with Crippen molar-refractivity contribution in [1.82, 2.24) is 0 Å². The molecule has 0 heterocycles. The van der Waals surface area contributed by atoms with Crippen molar-refractivity contribution in [3.8, 4) is 0 Å². The van der Waals surface area contributed by atoms with Crippen LogP contribution in [0.25, 0.3) is 0 Å². The summed E-state index contributed by atoms with van der Waals surface area (Å²) in [7, 11) is 0. The number of nitrogens with two attached hydrogens (primary N) is 1. The summed E-state index contributed by atoms with van der Waals surface area (Å²) >= 11 is 0. The minimum absolute atomic E-state index is 0. The molecule has 0 fully saturated rings. The van der Waals surface area contributed by atoms with E-state index in [-0.39, 0.29) is 125 Å². The van der Waals surface area contributed by atoms with Gasteiger partial charge in [0.1, 0.15) is 18.3 Å². The van der Waals surface area contributed by atoms with E-state index in [2.05, 4.69) is 6.92 Å². The molecule has 0 aliphatic heterocycles. The third-order valence-electron chi connectivity index (χ3n) is 6.60. The second-order valence-corrected chi connectivity index (χ2v) is 9.26. The van der Waals surface area contributed by atoms with Crippen molar-refractivity contribution in [3.63, 3.8) is 0 Å². The smallest absolute Gasteiger partial charge is 1.00 e. The standard InChI is InChI=1S/C27H51NO9.ClH.3Na.3H/c1-8-12-13-14-15-16-17-18-19-23(20(5)35-24(29)32-9-2)27(28,21(6)36-25(30)33-10-3)22(7)37-26(31)34-11-4;;;;;;;/h20-23H,8-19,28H2,1-7H3;1H;;;;;;/q;;3*+1;3*-1. The molecule has 0 saturated heterocycles. The van der Waals surface area contributed by atoms with Crippen LogP contribution in [0.4, 0.5) is 14.4 Å². The van der Waals surface area contributed by atoms with Gasteiger partial charge in [-0.15, -0.1) is 12.4 Å². The average molecular weight is 642 g/mol. The van der Waals surface area contributed by atoms with Gasteiger partial charge in [0.2, 0.25) is 0 Å². The minimum atomic E-state index is -1.44. The zero-order chi connectivity index (χ0) is 28.3. The first-order chi connectivity index (χ1) is 17.6. The fourth-order valence-corrected chi connectivity index (χ4v) is 4.51. The van der Waals surface area contributed by atoms with Crippen molar-refractivity contribution in [2.45, 2.75) is 130 Å². The first-order valence-electron chi connectivity index (χ1n) is 13.9. The molecule has 0 saturated carbocycles. The molecule has 4 atom stereocenters. The Bertz CT molecular complexity index is 655. The summed E-state index contributed by atoms with van der Waals surface area (Å²) in [5.74, 6) is -0.550. The van der Waals surface area contributed by atoms with Gasteiger partial charge in [0.05, 0.1) is 25.4 Å². The van der Waals surface area contributed by atoms with E-state index in [0.717, 1.165) is 25.7 Å². The molecule has 0 aromatic heterocycles. The first kappa shape index (κ1) is 51.6. The molecule has 10 nitrogen and oxygen atoms in total. The summed E-state index contributed by atoms with van der Waals surface area (Å²) in [4.78, 5) is 36.5. The van der Waals surface area contributed by atoms with Crippen LogP contribution >= 0.6 is 12.4 Å². The summed E-state index contributed by atoms with van der Waals surface area (Å²) in [6, 6.07) is 0. The molecule has 4 unspecified atom stereocenters. The molecule has 232 valence electrons. The topological polar surface area (TPSA) is 133 Å². The van der Waals surface area contributed by atoms with Gasteiger partial charge < -0.3 is 38.4 Å². The maximum absolute atomic E-state index is 12.2. The molecule has 0 spiro atoms. The zero-order valence-corrected chi connectivity index (χ0v) is 34.3. The Labute approximate surface area is 325 Å².